The molecule has 3 aromatic rings. The molecule has 1 aliphatic heterocycles. The number of ether oxygens (including phenoxy) is 1. The molecular formula is C20H21FN6OS. The Morgan fingerprint density at radius 3 is 2.55 bits per heavy atom. The number of rotatable bonds is 5. The van der Waals surface area contributed by atoms with Crippen molar-refractivity contribution in [1.82, 2.24) is 14.9 Å². The number of guanidine groups is 1. The van der Waals surface area contributed by atoms with Crippen LogP contribution in [0, 0.1) is 5.82 Å². The normalized spacial score (nSPS) is 14.9. The summed E-state index contributed by atoms with van der Waals surface area (Å²) in [5.74, 6) is 1.21. The molecule has 0 atom stereocenters. The van der Waals surface area contributed by atoms with Gasteiger partial charge in [-0.3, -0.25) is 0 Å². The van der Waals surface area contributed by atoms with E-state index in [-0.39, 0.29) is 5.82 Å². The van der Waals surface area contributed by atoms with Gasteiger partial charge in [0.2, 0.25) is 5.88 Å². The fourth-order valence-electron chi connectivity index (χ4n) is 2.96. The summed E-state index contributed by atoms with van der Waals surface area (Å²) in [6.45, 7) is 3.83. The van der Waals surface area contributed by atoms with E-state index in [0.29, 0.717) is 24.1 Å². The zero-order chi connectivity index (χ0) is 20.1. The highest BCUT2D eigenvalue weighted by Gasteiger charge is 2.19. The number of nitrogens with zero attached hydrogens (tertiary/aromatic N) is 5. The molecule has 0 bridgehead atoms. The van der Waals surface area contributed by atoms with Gasteiger partial charge < -0.3 is 20.3 Å². The first kappa shape index (κ1) is 19.1. The quantitative estimate of drug-likeness (QED) is 0.512. The first-order valence-corrected chi connectivity index (χ1v) is 10.1. The van der Waals surface area contributed by atoms with Crippen molar-refractivity contribution in [2.75, 3.05) is 31.1 Å². The fraction of sp³-hybridized carbons (Fsp3) is 0.250. The molecule has 7 nitrogen and oxygen atoms in total. The van der Waals surface area contributed by atoms with Gasteiger partial charge in [0.15, 0.2) is 11.1 Å². The molecule has 0 radical (unpaired) electrons. The van der Waals surface area contributed by atoms with E-state index in [1.54, 1.807) is 35.7 Å². The zero-order valence-corrected chi connectivity index (χ0v) is 16.6. The fourth-order valence-corrected chi connectivity index (χ4v) is 3.66. The zero-order valence-electron chi connectivity index (χ0n) is 15.7. The van der Waals surface area contributed by atoms with Crippen molar-refractivity contribution in [2.24, 2.45) is 10.7 Å². The topological polar surface area (TPSA) is 79.9 Å². The Kier molecular flexibility index (Phi) is 5.85. The average Bonchev–Trinajstić information content (AvgIpc) is 3.30. The summed E-state index contributed by atoms with van der Waals surface area (Å²) in [6.07, 6.45) is 3.53. The van der Waals surface area contributed by atoms with Crippen LogP contribution < -0.4 is 15.4 Å². The summed E-state index contributed by atoms with van der Waals surface area (Å²) >= 11 is 1.65. The van der Waals surface area contributed by atoms with Crippen LogP contribution in [0.2, 0.25) is 0 Å². The summed E-state index contributed by atoms with van der Waals surface area (Å²) in [4.78, 5) is 17.5. The van der Waals surface area contributed by atoms with Crippen LogP contribution in [-0.2, 0) is 6.54 Å². The van der Waals surface area contributed by atoms with Crippen molar-refractivity contribution in [1.29, 1.82) is 0 Å². The maximum absolute atomic E-state index is 12.9. The van der Waals surface area contributed by atoms with E-state index < -0.39 is 0 Å². The van der Waals surface area contributed by atoms with Crippen LogP contribution in [0.15, 0.2) is 59.2 Å². The molecule has 0 aliphatic carbocycles. The summed E-state index contributed by atoms with van der Waals surface area (Å²) in [7, 11) is 0. The van der Waals surface area contributed by atoms with Gasteiger partial charge in [0.1, 0.15) is 11.6 Å². The highest BCUT2D eigenvalue weighted by atomic mass is 32.1. The van der Waals surface area contributed by atoms with E-state index in [2.05, 4.69) is 24.8 Å². The number of hydrogen-bond donors (Lipinski definition) is 1. The highest BCUT2D eigenvalue weighted by molar-refractivity contribution is 7.13. The van der Waals surface area contributed by atoms with Crippen LogP contribution in [0.4, 0.5) is 9.52 Å². The molecule has 0 unspecified atom stereocenters. The number of aromatic nitrogens is 2. The lowest BCUT2D eigenvalue weighted by atomic mass is 10.3. The van der Waals surface area contributed by atoms with E-state index in [0.717, 1.165) is 36.9 Å². The number of piperazine rings is 1. The second-order valence-electron chi connectivity index (χ2n) is 6.52. The van der Waals surface area contributed by atoms with Crippen molar-refractivity contribution < 1.29 is 9.13 Å². The number of halogens is 1. The second-order valence-corrected chi connectivity index (χ2v) is 7.40. The lowest BCUT2D eigenvalue weighted by Crippen LogP contribution is -2.51. The van der Waals surface area contributed by atoms with Crippen LogP contribution in [0.25, 0.3) is 0 Å². The highest BCUT2D eigenvalue weighted by Crippen LogP contribution is 2.20. The van der Waals surface area contributed by atoms with Gasteiger partial charge in [0, 0.05) is 50.0 Å². The second kappa shape index (κ2) is 8.87. The van der Waals surface area contributed by atoms with Gasteiger partial charge >= 0.3 is 0 Å². The first-order valence-electron chi connectivity index (χ1n) is 9.25. The number of pyridine rings is 1. The standard InChI is InChI=1S/C20H21FN6OS/c21-16-2-4-17(5-3-16)28-18-6-1-15(13-24-18)14-25-19(22)26-8-10-27(11-9-26)20-23-7-12-29-20/h1-7,12-13H,8-11,14H2,(H2,22,25). The van der Waals surface area contributed by atoms with Gasteiger partial charge in [-0.05, 0) is 29.8 Å². The number of thiazole rings is 1. The van der Waals surface area contributed by atoms with Gasteiger partial charge in [0.25, 0.3) is 0 Å². The number of aliphatic imine (C=N–C) groups is 1. The van der Waals surface area contributed by atoms with Gasteiger partial charge in [0.05, 0.1) is 6.54 Å². The summed E-state index contributed by atoms with van der Waals surface area (Å²) in [5.41, 5.74) is 7.10. The molecule has 2 N–H and O–H groups in total. The molecule has 29 heavy (non-hydrogen) atoms. The Labute approximate surface area is 172 Å². The largest absolute Gasteiger partial charge is 0.439 e. The maximum atomic E-state index is 12.9. The molecule has 4 rings (SSSR count). The Hall–Kier alpha value is -3.20. The van der Waals surface area contributed by atoms with E-state index in [1.165, 1.54) is 12.1 Å². The molecule has 1 aromatic carbocycles. The lowest BCUT2D eigenvalue weighted by molar-refractivity contribution is 0.380. The summed E-state index contributed by atoms with van der Waals surface area (Å²) in [5, 5.41) is 3.04. The predicted molar refractivity (Wildman–Crippen MR) is 112 cm³/mol. The predicted octanol–water partition coefficient (Wildman–Crippen LogP) is 3.11. The van der Waals surface area contributed by atoms with Crippen molar-refractivity contribution in [3.63, 3.8) is 0 Å². The van der Waals surface area contributed by atoms with Crippen molar-refractivity contribution in [3.05, 3.63) is 65.6 Å². The minimum absolute atomic E-state index is 0.305. The number of hydrogen-bond acceptors (Lipinski definition) is 6. The molecule has 0 spiro atoms. The monoisotopic (exact) mass is 412 g/mol. The van der Waals surface area contributed by atoms with Crippen LogP contribution in [0.5, 0.6) is 11.6 Å². The van der Waals surface area contributed by atoms with Gasteiger partial charge in [-0.25, -0.2) is 19.4 Å². The Bertz CT molecular complexity index is 938. The van der Waals surface area contributed by atoms with E-state index in [9.17, 15) is 4.39 Å². The van der Waals surface area contributed by atoms with Crippen LogP contribution in [0.1, 0.15) is 5.56 Å². The van der Waals surface area contributed by atoms with Crippen LogP contribution in [-0.4, -0.2) is 47.0 Å². The Morgan fingerprint density at radius 1 is 1.10 bits per heavy atom. The minimum atomic E-state index is -0.305. The van der Waals surface area contributed by atoms with E-state index >= 15 is 0 Å². The molecule has 0 amide bonds. The lowest BCUT2D eigenvalue weighted by Gasteiger charge is -2.35. The van der Waals surface area contributed by atoms with Crippen molar-refractivity contribution in [2.45, 2.75) is 6.54 Å². The third kappa shape index (κ3) is 5.00. The smallest absolute Gasteiger partial charge is 0.219 e. The molecule has 150 valence electrons. The average molecular weight is 412 g/mol. The number of benzene rings is 1. The van der Waals surface area contributed by atoms with Crippen molar-refractivity contribution >= 4 is 22.4 Å². The third-order valence-electron chi connectivity index (χ3n) is 4.55. The minimum Gasteiger partial charge on any atom is -0.439 e. The molecule has 2 aromatic heterocycles. The molecular weight excluding hydrogens is 391 g/mol. The maximum Gasteiger partial charge on any atom is 0.219 e. The van der Waals surface area contributed by atoms with E-state index in [1.807, 2.05) is 17.6 Å². The summed E-state index contributed by atoms with van der Waals surface area (Å²) in [6, 6.07) is 9.46. The van der Waals surface area contributed by atoms with E-state index in [4.69, 9.17) is 10.5 Å². The molecule has 3 heterocycles. The van der Waals surface area contributed by atoms with Crippen LogP contribution in [0.3, 0.4) is 0 Å². The van der Waals surface area contributed by atoms with Gasteiger partial charge in [-0.15, -0.1) is 11.3 Å². The molecule has 0 saturated carbocycles. The Morgan fingerprint density at radius 2 is 1.90 bits per heavy atom. The van der Waals surface area contributed by atoms with Crippen molar-refractivity contribution in [3.8, 4) is 11.6 Å². The van der Waals surface area contributed by atoms with Gasteiger partial charge in [-0.2, -0.15) is 0 Å². The molecule has 9 heteroatoms. The molecule has 1 saturated heterocycles. The molecule has 1 aliphatic rings. The Balaban J connectivity index is 1.29. The molecule has 1 fully saturated rings. The third-order valence-corrected chi connectivity index (χ3v) is 5.38. The number of nitrogens with two attached hydrogens (primary N) is 1. The summed E-state index contributed by atoms with van der Waals surface area (Å²) < 4.78 is 18.5. The number of anilines is 1. The first-order chi connectivity index (χ1) is 14.2. The van der Waals surface area contributed by atoms with Crippen LogP contribution >= 0.6 is 11.3 Å². The SMILES string of the molecule is NC(=NCc1ccc(Oc2ccc(F)cc2)nc1)N1CCN(c2nccs2)CC1. The van der Waals surface area contributed by atoms with Gasteiger partial charge in [-0.1, -0.05) is 6.07 Å².